The Kier molecular flexibility index (Phi) is 7.04. The molecule has 1 saturated heterocycles. The maximum atomic E-state index is 10.4. The molecule has 3 rings (SSSR count). The Balaban J connectivity index is 1.49. The molecule has 0 saturated carbocycles. The van der Waals surface area contributed by atoms with E-state index in [1.807, 2.05) is 24.3 Å². The Morgan fingerprint density at radius 3 is 2.22 bits per heavy atom. The third-order valence-electron chi connectivity index (χ3n) is 4.73. The summed E-state index contributed by atoms with van der Waals surface area (Å²) in [4.78, 5) is 12.8. The van der Waals surface area contributed by atoms with E-state index < -0.39 is 5.97 Å². The number of rotatable bonds is 7. The number of halogens is 1. The van der Waals surface area contributed by atoms with E-state index in [-0.39, 0.29) is 6.61 Å². The van der Waals surface area contributed by atoms with Crippen LogP contribution in [0.15, 0.2) is 54.1 Å². The van der Waals surface area contributed by atoms with Gasteiger partial charge in [-0.2, -0.15) is 0 Å². The fraction of sp³-hybridized carbons (Fsp3) is 0.318. The summed E-state index contributed by atoms with van der Waals surface area (Å²) in [7, 11) is 0. The smallest absolute Gasteiger partial charge is 0.329 e. The summed E-state index contributed by atoms with van der Waals surface area (Å²) in [5, 5.41) is 9.32. The number of hydrogen-bond donors (Lipinski definition) is 1. The third kappa shape index (κ3) is 6.21. The predicted molar refractivity (Wildman–Crippen MR) is 109 cm³/mol. The molecule has 27 heavy (non-hydrogen) atoms. The van der Waals surface area contributed by atoms with Crippen molar-refractivity contribution in [3.05, 3.63) is 64.7 Å². The van der Waals surface area contributed by atoms with Crippen molar-refractivity contribution in [3.8, 4) is 11.1 Å². The molecule has 1 aliphatic rings. The third-order valence-corrected chi connectivity index (χ3v) is 4.99. The van der Waals surface area contributed by atoms with Crippen molar-refractivity contribution in [1.82, 2.24) is 4.90 Å². The highest BCUT2D eigenvalue weighted by atomic mass is 35.5. The lowest BCUT2D eigenvalue weighted by Crippen LogP contribution is -2.33. The number of carboxylic acid groups (broad SMARTS) is 1. The number of ether oxygens (including phenoxy) is 1. The van der Waals surface area contributed by atoms with Gasteiger partial charge in [0.2, 0.25) is 0 Å². The van der Waals surface area contributed by atoms with Crippen LogP contribution in [0.25, 0.3) is 17.2 Å². The molecule has 0 amide bonds. The number of hydrogen-bond acceptors (Lipinski definition) is 3. The lowest BCUT2D eigenvalue weighted by Gasteiger charge is -2.28. The van der Waals surface area contributed by atoms with Crippen molar-refractivity contribution in [1.29, 1.82) is 0 Å². The van der Waals surface area contributed by atoms with Crippen LogP contribution in [-0.4, -0.2) is 48.8 Å². The van der Waals surface area contributed by atoms with Crippen molar-refractivity contribution >= 4 is 23.6 Å². The predicted octanol–water partition coefficient (Wildman–Crippen LogP) is 4.59. The molecular formula is C22H24ClNO3. The quantitative estimate of drug-likeness (QED) is 0.708. The number of carboxylic acids is 1. The monoisotopic (exact) mass is 385 g/mol. The van der Waals surface area contributed by atoms with E-state index in [1.165, 1.54) is 16.7 Å². The minimum atomic E-state index is -0.916. The van der Waals surface area contributed by atoms with Gasteiger partial charge in [0.1, 0.15) is 6.61 Å². The molecule has 0 atom stereocenters. The highest BCUT2D eigenvalue weighted by Crippen LogP contribution is 2.24. The lowest BCUT2D eigenvalue weighted by atomic mass is 9.99. The fourth-order valence-corrected chi connectivity index (χ4v) is 3.34. The fourth-order valence-electron chi connectivity index (χ4n) is 3.21. The van der Waals surface area contributed by atoms with Crippen LogP contribution >= 0.6 is 11.6 Å². The van der Waals surface area contributed by atoms with Gasteiger partial charge in [-0.05, 0) is 41.7 Å². The Morgan fingerprint density at radius 1 is 1.04 bits per heavy atom. The zero-order chi connectivity index (χ0) is 19.1. The topological polar surface area (TPSA) is 49.8 Å². The molecular weight excluding hydrogens is 362 g/mol. The van der Waals surface area contributed by atoms with Gasteiger partial charge in [-0.1, -0.05) is 59.6 Å². The molecule has 1 N–H and O–H groups in total. The van der Waals surface area contributed by atoms with Gasteiger partial charge >= 0.3 is 5.97 Å². The van der Waals surface area contributed by atoms with Gasteiger partial charge < -0.3 is 14.7 Å². The molecule has 4 nitrogen and oxygen atoms in total. The molecule has 142 valence electrons. The van der Waals surface area contributed by atoms with Gasteiger partial charge in [0.25, 0.3) is 0 Å². The molecule has 0 radical (unpaired) electrons. The van der Waals surface area contributed by atoms with E-state index in [1.54, 1.807) is 0 Å². The van der Waals surface area contributed by atoms with Crippen LogP contribution in [0.5, 0.6) is 0 Å². The van der Waals surface area contributed by atoms with Crippen LogP contribution in [0.1, 0.15) is 18.4 Å². The zero-order valence-electron chi connectivity index (χ0n) is 15.2. The first-order valence-electron chi connectivity index (χ1n) is 9.17. The maximum Gasteiger partial charge on any atom is 0.329 e. The first kappa shape index (κ1) is 19.6. The summed E-state index contributed by atoms with van der Waals surface area (Å²) in [5.41, 5.74) is 5.03. The van der Waals surface area contributed by atoms with E-state index >= 15 is 0 Å². The summed E-state index contributed by atoms with van der Waals surface area (Å²) in [6, 6.07) is 16.5. The van der Waals surface area contributed by atoms with E-state index in [0.29, 0.717) is 6.61 Å². The maximum absolute atomic E-state index is 10.4. The highest BCUT2D eigenvalue weighted by molar-refractivity contribution is 6.30. The summed E-state index contributed by atoms with van der Waals surface area (Å²) < 4.78 is 5.11. The number of piperidine rings is 1. The van der Waals surface area contributed by atoms with Crippen molar-refractivity contribution < 1.29 is 14.6 Å². The normalized spacial score (nSPS) is 14.9. The van der Waals surface area contributed by atoms with Crippen LogP contribution in [0, 0.1) is 0 Å². The van der Waals surface area contributed by atoms with Crippen molar-refractivity contribution in [3.63, 3.8) is 0 Å². The van der Waals surface area contributed by atoms with E-state index in [9.17, 15) is 4.79 Å². The molecule has 0 aromatic heterocycles. The average molecular weight is 386 g/mol. The molecule has 5 heteroatoms. The molecule has 1 aliphatic heterocycles. The first-order chi connectivity index (χ1) is 13.1. The summed E-state index contributed by atoms with van der Waals surface area (Å²) in [6.45, 7) is 3.02. The van der Waals surface area contributed by atoms with Crippen molar-refractivity contribution in [2.75, 3.05) is 32.8 Å². The summed E-state index contributed by atoms with van der Waals surface area (Å²) in [6.07, 6.45) is 4.36. The second kappa shape index (κ2) is 9.70. The average Bonchev–Trinajstić information content (AvgIpc) is 2.68. The van der Waals surface area contributed by atoms with Crippen LogP contribution in [0.2, 0.25) is 5.02 Å². The number of likely N-dealkylation sites (tertiary alicyclic amines) is 1. The van der Waals surface area contributed by atoms with E-state index in [4.69, 9.17) is 21.4 Å². The molecule has 0 bridgehead atoms. The van der Waals surface area contributed by atoms with Gasteiger partial charge in [0.15, 0.2) is 0 Å². The van der Waals surface area contributed by atoms with Crippen LogP contribution < -0.4 is 0 Å². The standard InChI is InChI=1S/C22H24ClNO3/c23-21-7-5-20(6-8-21)19-3-1-17(2-4-19)15-18-9-11-24(12-10-18)13-14-27-16-22(25)26/h1-8,15H,9-14,16H2,(H,25,26). The van der Waals surface area contributed by atoms with Gasteiger partial charge in [0.05, 0.1) is 6.61 Å². The Labute approximate surface area is 165 Å². The van der Waals surface area contributed by atoms with Crippen molar-refractivity contribution in [2.24, 2.45) is 0 Å². The SMILES string of the molecule is O=C(O)COCCN1CCC(=Cc2ccc(-c3ccc(Cl)cc3)cc2)CC1. The van der Waals surface area contributed by atoms with Gasteiger partial charge in [0, 0.05) is 24.7 Å². The Hall–Kier alpha value is -2.14. The van der Waals surface area contributed by atoms with Gasteiger partial charge in [-0.25, -0.2) is 4.79 Å². The summed E-state index contributed by atoms with van der Waals surface area (Å²) in [5.74, 6) is -0.916. The highest BCUT2D eigenvalue weighted by Gasteiger charge is 2.13. The minimum Gasteiger partial charge on any atom is -0.480 e. The van der Waals surface area contributed by atoms with Crippen LogP contribution in [-0.2, 0) is 9.53 Å². The molecule has 0 aliphatic carbocycles. The molecule has 2 aromatic rings. The molecule has 1 fully saturated rings. The number of benzene rings is 2. The number of aliphatic carboxylic acids is 1. The molecule has 2 aromatic carbocycles. The van der Waals surface area contributed by atoms with E-state index in [2.05, 4.69) is 35.2 Å². The van der Waals surface area contributed by atoms with Gasteiger partial charge in [-0.15, -0.1) is 0 Å². The second-order valence-corrected chi connectivity index (χ2v) is 7.16. The number of carbonyl (C=O) groups is 1. The zero-order valence-corrected chi connectivity index (χ0v) is 16.0. The largest absolute Gasteiger partial charge is 0.480 e. The van der Waals surface area contributed by atoms with Crippen LogP contribution in [0.4, 0.5) is 0 Å². The Morgan fingerprint density at radius 2 is 1.63 bits per heavy atom. The van der Waals surface area contributed by atoms with Crippen molar-refractivity contribution in [2.45, 2.75) is 12.8 Å². The molecule has 0 spiro atoms. The second-order valence-electron chi connectivity index (χ2n) is 6.72. The lowest BCUT2D eigenvalue weighted by molar-refractivity contribution is -0.142. The first-order valence-corrected chi connectivity index (χ1v) is 9.55. The molecule has 1 heterocycles. The van der Waals surface area contributed by atoms with E-state index in [0.717, 1.165) is 43.1 Å². The van der Waals surface area contributed by atoms with Gasteiger partial charge in [-0.3, -0.25) is 0 Å². The minimum absolute atomic E-state index is 0.217. The Bertz CT molecular complexity index is 774. The van der Waals surface area contributed by atoms with Crippen LogP contribution in [0.3, 0.4) is 0 Å². The summed E-state index contributed by atoms with van der Waals surface area (Å²) >= 11 is 5.95. The number of nitrogens with zero attached hydrogens (tertiary/aromatic N) is 1. The molecule has 0 unspecified atom stereocenters.